The summed E-state index contributed by atoms with van der Waals surface area (Å²) in [6, 6.07) is 0. The highest BCUT2D eigenvalue weighted by Gasteiger charge is 2.37. The van der Waals surface area contributed by atoms with Crippen LogP contribution in [0.15, 0.2) is 6.20 Å². The number of hydrogen-bond donors (Lipinski definition) is 3. The van der Waals surface area contributed by atoms with Crippen molar-refractivity contribution in [1.29, 1.82) is 0 Å². The second-order valence-corrected chi connectivity index (χ2v) is 5.31. The number of thiocarbonyl (C=S) groups is 1. The third-order valence-corrected chi connectivity index (χ3v) is 4.00. The Morgan fingerprint density at radius 1 is 1.50 bits per heavy atom. The number of rotatable bonds is 3. The molecular weight excluding hydrogens is 248 g/mol. The van der Waals surface area contributed by atoms with E-state index in [-0.39, 0.29) is 5.91 Å². The van der Waals surface area contributed by atoms with Crippen molar-refractivity contribution in [3.8, 4) is 0 Å². The van der Waals surface area contributed by atoms with Gasteiger partial charge in [-0.2, -0.15) is 5.10 Å². The average Bonchev–Trinajstić information content (AvgIpc) is 2.76. The number of amides is 1. The van der Waals surface area contributed by atoms with Crippen molar-refractivity contribution in [2.45, 2.75) is 44.6 Å². The van der Waals surface area contributed by atoms with E-state index >= 15 is 0 Å². The van der Waals surface area contributed by atoms with E-state index in [1.807, 2.05) is 6.92 Å². The monoisotopic (exact) mass is 266 g/mol. The lowest BCUT2D eigenvalue weighted by molar-refractivity contribution is 0.0908. The number of nitrogens with zero attached hydrogens (tertiary/aromatic N) is 1. The number of hydrogen-bond acceptors (Lipinski definition) is 3. The van der Waals surface area contributed by atoms with E-state index in [9.17, 15) is 4.79 Å². The fraction of sp³-hybridized carbons (Fsp3) is 0.583. The minimum atomic E-state index is -0.519. The molecule has 18 heavy (non-hydrogen) atoms. The molecule has 2 rings (SSSR count). The summed E-state index contributed by atoms with van der Waals surface area (Å²) in [5, 5.41) is 9.62. The molecular formula is C12H18N4OS. The maximum atomic E-state index is 12.2. The highest BCUT2D eigenvalue weighted by molar-refractivity contribution is 7.80. The van der Waals surface area contributed by atoms with Gasteiger partial charge in [0.05, 0.1) is 22.3 Å². The van der Waals surface area contributed by atoms with Crippen LogP contribution in [0.3, 0.4) is 0 Å². The number of carbonyl (C=O) groups excluding carboxylic acids is 1. The molecule has 1 heterocycles. The Labute approximate surface area is 112 Å². The lowest BCUT2D eigenvalue weighted by Crippen LogP contribution is -2.57. The Hall–Kier alpha value is -1.43. The minimum absolute atomic E-state index is 0.157. The zero-order valence-electron chi connectivity index (χ0n) is 10.5. The van der Waals surface area contributed by atoms with Crippen LogP contribution in [0, 0.1) is 6.92 Å². The van der Waals surface area contributed by atoms with Crippen LogP contribution in [-0.4, -0.2) is 26.6 Å². The molecule has 6 heteroatoms. The number of H-pyrrole nitrogens is 1. The van der Waals surface area contributed by atoms with E-state index in [4.69, 9.17) is 18.0 Å². The molecule has 0 radical (unpaired) electrons. The first kappa shape index (κ1) is 13.0. The van der Waals surface area contributed by atoms with Gasteiger partial charge in [0, 0.05) is 5.69 Å². The molecule has 1 aromatic heterocycles. The number of aromatic amines is 1. The van der Waals surface area contributed by atoms with E-state index < -0.39 is 5.54 Å². The third kappa shape index (κ3) is 2.38. The van der Waals surface area contributed by atoms with Crippen LogP contribution in [0.5, 0.6) is 0 Å². The number of nitrogens with one attached hydrogen (secondary N) is 2. The predicted octanol–water partition coefficient (Wildman–Crippen LogP) is 1.44. The Morgan fingerprint density at radius 3 is 2.67 bits per heavy atom. The zero-order chi connectivity index (χ0) is 13.2. The fourth-order valence-corrected chi connectivity index (χ4v) is 2.71. The molecule has 1 aromatic rings. The largest absolute Gasteiger partial charge is 0.391 e. The van der Waals surface area contributed by atoms with E-state index in [0.29, 0.717) is 10.6 Å². The first-order chi connectivity index (χ1) is 8.55. The van der Waals surface area contributed by atoms with Crippen molar-refractivity contribution in [1.82, 2.24) is 15.5 Å². The van der Waals surface area contributed by atoms with Gasteiger partial charge >= 0.3 is 0 Å². The van der Waals surface area contributed by atoms with Crippen LogP contribution in [-0.2, 0) is 0 Å². The van der Waals surface area contributed by atoms with Crippen LogP contribution < -0.4 is 11.1 Å². The van der Waals surface area contributed by atoms with Crippen molar-refractivity contribution >= 4 is 23.1 Å². The van der Waals surface area contributed by atoms with Gasteiger partial charge in [-0.3, -0.25) is 9.89 Å². The van der Waals surface area contributed by atoms with E-state index in [1.54, 1.807) is 0 Å². The molecule has 4 N–H and O–H groups in total. The molecule has 1 aliphatic carbocycles. The van der Waals surface area contributed by atoms with Gasteiger partial charge in [0.2, 0.25) is 0 Å². The van der Waals surface area contributed by atoms with Gasteiger partial charge in [-0.05, 0) is 19.8 Å². The van der Waals surface area contributed by atoms with Crippen molar-refractivity contribution in [3.05, 3.63) is 17.5 Å². The standard InChI is InChI=1S/C12H18N4OS/c1-8-9(7-14-16-8)10(17)15-12(11(13)18)5-3-2-4-6-12/h7H,2-6H2,1H3,(H2,13,18)(H,14,16)(H,15,17). The number of nitrogens with two attached hydrogens (primary N) is 1. The van der Waals surface area contributed by atoms with E-state index in [0.717, 1.165) is 31.4 Å². The smallest absolute Gasteiger partial charge is 0.255 e. The van der Waals surface area contributed by atoms with Crippen LogP contribution in [0.25, 0.3) is 0 Å². The topological polar surface area (TPSA) is 83.8 Å². The number of aromatic nitrogens is 2. The summed E-state index contributed by atoms with van der Waals surface area (Å²) in [6.07, 6.45) is 6.44. The van der Waals surface area contributed by atoms with E-state index in [1.165, 1.54) is 12.6 Å². The molecule has 5 nitrogen and oxygen atoms in total. The molecule has 0 aliphatic heterocycles. The lowest BCUT2D eigenvalue weighted by Gasteiger charge is -2.37. The van der Waals surface area contributed by atoms with Crippen LogP contribution in [0.2, 0.25) is 0 Å². The first-order valence-electron chi connectivity index (χ1n) is 6.17. The van der Waals surface area contributed by atoms with Crippen molar-refractivity contribution in [3.63, 3.8) is 0 Å². The maximum Gasteiger partial charge on any atom is 0.255 e. The van der Waals surface area contributed by atoms with Gasteiger partial charge in [0.15, 0.2) is 0 Å². The number of aryl methyl sites for hydroxylation is 1. The highest BCUT2D eigenvalue weighted by atomic mass is 32.1. The van der Waals surface area contributed by atoms with Crippen LogP contribution in [0.1, 0.15) is 48.2 Å². The molecule has 0 atom stereocenters. The fourth-order valence-electron chi connectivity index (χ4n) is 2.45. The first-order valence-corrected chi connectivity index (χ1v) is 6.58. The van der Waals surface area contributed by atoms with Crippen LogP contribution >= 0.6 is 12.2 Å². The van der Waals surface area contributed by atoms with E-state index in [2.05, 4.69) is 15.5 Å². The normalized spacial score (nSPS) is 18.3. The molecule has 1 amide bonds. The van der Waals surface area contributed by atoms with Crippen molar-refractivity contribution in [2.24, 2.45) is 5.73 Å². The molecule has 1 fully saturated rings. The average molecular weight is 266 g/mol. The van der Waals surface area contributed by atoms with Gasteiger partial charge in [0.1, 0.15) is 0 Å². The van der Waals surface area contributed by atoms with Gasteiger partial charge in [-0.25, -0.2) is 0 Å². The molecule has 0 bridgehead atoms. The quantitative estimate of drug-likeness (QED) is 0.723. The summed E-state index contributed by atoms with van der Waals surface area (Å²) in [7, 11) is 0. The molecule has 1 aliphatic rings. The Kier molecular flexibility index (Phi) is 3.65. The summed E-state index contributed by atoms with van der Waals surface area (Å²) in [5.41, 5.74) is 6.62. The Morgan fingerprint density at radius 2 is 2.17 bits per heavy atom. The minimum Gasteiger partial charge on any atom is -0.391 e. The molecule has 98 valence electrons. The summed E-state index contributed by atoms with van der Waals surface area (Å²) in [4.78, 5) is 12.6. The highest BCUT2D eigenvalue weighted by Crippen LogP contribution is 2.29. The lowest BCUT2D eigenvalue weighted by atomic mass is 9.81. The molecule has 0 unspecified atom stereocenters. The zero-order valence-corrected chi connectivity index (χ0v) is 11.3. The Balaban J connectivity index is 2.17. The molecule has 0 saturated heterocycles. The molecule has 1 saturated carbocycles. The summed E-state index contributed by atoms with van der Waals surface area (Å²) in [6.45, 7) is 1.82. The maximum absolute atomic E-state index is 12.2. The summed E-state index contributed by atoms with van der Waals surface area (Å²) in [5.74, 6) is -0.157. The summed E-state index contributed by atoms with van der Waals surface area (Å²) < 4.78 is 0. The second kappa shape index (κ2) is 5.06. The SMILES string of the molecule is Cc1[nH]ncc1C(=O)NC1(C(N)=S)CCCCC1. The van der Waals surface area contributed by atoms with Crippen LogP contribution in [0.4, 0.5) is 0 Å². The van der Waals surface area contributed by atoms with Gasteiger partial charge in [0.25, 0.3) is 5.91 Å². The predicted molar refractivity (Wildman–Crippen MR) is 73.4 cm³/mol. The Bertz CT molecular complexity index is 462. The second-order valence-electron chi connectivity index (χ2n) is 4.87. The van der Waals surface area contributed by atoms with Crippen molar-refractivity contribution in [2.75, 3.05) is 0 Å². The van der Waals surface area contributed by atoms with Gasteiger partial charge in [-0.1, -0.05) is 31.5 Å². The van der Waals surface area contributed by atoms with Crippen molar-refractivity contribution < 1.29 is 4.79 Å². The molecule has 0 spiro atoms. The van der Waals surface area contributed by atoms with Gasteiger partial charge in [-0.15, -0.1) is 0 Å². The third-order valence-electron chi connectivity index (χ3n) is 3.61. The summed E-state index contributed by atoms with van der Waals surface area (Å²) >= 11 is 5.15. The number of carbonyl (C=O) groups is 1. The van der Waals surface area contributed by atoms with Gasteiger partial charge < -0.3 is 11.1 Å². The molecule has 0 aromatic carbocycles.